The van der Waals surface area contributed by atoms with E-state index >= 15 is 0 Å². The monoisotopic (exact) mass is 204 g/mol. The molecule has 0 heterocycles. The van der Waals surface area contributed by atoms with Crippen molar-refractivity contribution < 1.29 is 0 Å². The standard InChI is InChI=1S/C15H24/c1-11-6-5-7-12(2)13-10-15(3,4)14(13)9-8-11/h6,13-14H,2,5,7-10H2,1,3-4H3/t13-,14-/m1/s1. The van der Waals surface area contributed by atoms with Crippen LogP contribution in [-0.2, 0) is 0 Å². The summed E-state index contributed by atoms with van der Waals surface area (Å²) >= 11 is 0. The van der Waals surface area contributed by atoms with Crippen molar-refractivity contribution in [1.82, 2.24) is 0 Å². The van der Waals surface area contributed by atoms with Crippen LogP contribution in [0.25, 0.3) is 0 Å². The van der Waals surface area contributed by atoms with Gasteiger partial charge in [-0.05, 0) is 56.3 Å². The molecule has 0 aliphatic heterocycles. The van der Waals surface area contributed by atoms with E-state index in [1.54, 1.807) is 5.57 Å². The molecule has 0 aromatic rings. The predicted molar refractivity (Wildman–Crippen MR) is 66.7 cm³/mol. The first-order valence-electron chi connectivity index (χ1n) is 6.34. The van der Waals surface area contributed by atoms with E-state index in [1.807, 2.05) is 0 Å². The molecule has 2 aliphatic carbocycles. The van der Waals surface area contributed by atoms with E-state index in [0.29, 0.717) is 5.41 Å². The van der Waals surface area contributed by atoms with Crippen LogP contribution in [0.15, 0.2) is 23.8 Å². The second-order valence-electron chi connectivity index (χ2n) is 6.19. The number of rotatable bonds is 0. The number of fused-ring (bicyclic) bond motifs is 1. The lowest BCUT2D eigenvalue weighted by Gasteiger charge is -2.53. The first-order valence-corrected chi connectivity index (χ1v) is 6.34. The number of allylic oxidation sites excluding steroid dienone is 3. The van der Waals surface area contributed by atoms with Crippen LogP contribution < -0.4 is 0 Å². The van der Waals surface area contributed by atoms with Gasteiger partial charge in [-0.2, -0.15) is 0 Å². The second-order valence-corrected chi connectivity index (χ2v) is 6.19. The molecule has 0 amide bonds. The Hall–Kier alpha value is -0.520. The molecule has 84 valence electrons. The van der Waals surface area contributed by atoms with E-state index in [2.05, 4.69) is 33.4 Å². The fourth-order valence-electron chi connectivity index (χ4n) is 3.44. The van der Waals surface area contributed by atoms with Crippen molar-refractivity contribution >= 4 is 0 Å². The van der Waals surface area contributed by atoms with Gasteiger partial charge in [-0.3, -0.25) is 0 Å². The maximum Gasteiger partial charge on any atom is -0.0167 e. The van der Waals surface area contributed by atoms with Crippen molar-refractivity contribution in [1.29, 1.82) is 0 Å². The largest absolute Gasteiger partial charge is 0.0996 e. The van der Waals surface area contributed by atoms with Crippen molar-refractivity contribution in [3.8, 4) is 0 Å². The van der Waals surface area contributed by atoms with Gasteiger partial charge in [0, 0.05) is 0 Å². The molecule has 2 atom stereocenters. The molecule has 2 aliphatic rings. The molecule has 0 aromatic heterocycles. The van der Waals surface area contributed by atoms with Crippen LogP contribution in [0, 0.1) is 17.3 Å². The van der Waals surface area contributed by atoms with Gasteiger partial charge in [0.25, 0.3) is 0 Å². The minimum atomic E-state index is 0.568. The summed E-state index contributed by atoms with van der Waals surface area (Å²) in [5.41, 5.74) is 3.68. The average molecular weight is 204 g/mol. The number of hydrogen-bond donors (Lipinski definition) is 0. The van der Waals surface area contributed by atoms with Crippen LogP contribution >= 0.6 is 0 Å². The molecule has 0 bridgehead atoms. The van der Waals surface area contributed by atoms with Gasteiger partial charge in [-0.15, -0.1) is 0 Å². The summed E-state index contributed by atoms with van der Waals surface area (Å²) in [5, 5.41) is 0. The molecule has 15 heavy (non-hydrogen) atoms. The molecule has 1 fully saturated rings. The first-order chi connectivity index (χ1) is 7.00. The number of hydrogen-bond acceptors (Lipinski definition) is 0. The smallest absolute Gasteiger partial charge is 0.0167 e. The summed E-state index contributed by atoms with van der Waals surface area (Å²) in [7, 11) is 0. The summed E-state index contributed by atoms with van der Waals surface area (Å²) in [5.74, 6) is 1.73. The lowest BCUT2D eigenvalue weighted by atomic mass is 9.52. The molecule has 0 unspecified atom stereocenters. The quantitative estimate of drug-likeness (QED) is 0.501. The second kappa shape index (κ2) is 3.81. The van der Waals surface area contributed by atoms with Crippen molar-refractivity contribution in [2.45, 2.75) is 52.9 Å². The van der Waals surface area contributed by atoms with E-state index in [-0.39, 0.29) is 0 Å². The van der Waals surface area contributed by atoms with Gasteiger partial charge in [0.15, 0.2) is 0 Å². The molecule has 0 nitrogen and oxygen atoms in total. The van der Waals surface area contributed by atoms with Crippen LogP contribution in [0.1, 0.15) is 52.9 Å². The molecule has 0 spiro atoms. The highest BCUT2D eigenvalue weighted by Gasteiger charge is 2.47. The highest BCUT2D eigenvalue weighted by molar-refractivity contribution is 5.16. The van der Waals surface area contributed by atoms with Crippen LogP contribution in [-0.4, -0.2) is 0 Å². The Labute approximate surface area is 94.5 Å². The van der Waals surface area contributed by atoms with Gasteiger partial charge < -0.3 is 0 Å². The highest BCUT2D eigenvalue weighted by Crippen LogP contribution is 2.56. The third kappa shape index (κ3) is 2.04. The first kappa shape index (κ1) is 11.0. The fraction of sp³-hybridized carbons (Fsp3) is 0.733. The Morgan fingerprint density at radius 1 is 1.33 bits per heavy atom. The van der Waals surface area contributed by atoms with Crippen molar-refractivity contribution in [3.63, 3.8) is 0 Å². The Balaban J connectivity index is 2.12. The van der Waals surface area contributed by atoms with Gasteiger partial charge in [-0.25, -0.2) is 0 Å². The lowest BCUT2D eigenvalue weighted by Crippen LogP contribution is -2.44. The molecule has 0 aromatic carbocycles. The molecule has 0 radical (unpaired) electrons. The Morgan fingerprint density at radius 2 is 2.07 bits per heavy atom. The van der Waals surface area contributed by atoms with Crippen LogP contribution in [0.4, 0.5) is 0 Å². The Morgan fingerprint density at radius 3 is 2.73 bits per heavy atom. The average Bonchev–Trinajstić information content (AvgIpc) is 2.18. The van der Waals surface area contributed by atoms with Crippen LogP contribution in [0.3, 0.4) is 0 Å². The zero-order chi connectivity index (χ0) is 11.1. The zero-order valence-electron chi connectivity index (χ0n) is 10.5. The maximum absolute atomic E-state index is 4.30. The van der Waals surface area contributed by atoms with E-state index in [4.69, 9.17) is 0 Å². The van der Waals surface area contributed by atoms with Crippen molar-refractivity contribution in [3.05, 3.63) is 23.8 Å². The summed E-state index contributed by atoms with van der Waals surface area (Å²) in [6.07, 6.45) is 8.90. The van der Waals surface area contributed by atoms with Gasteiger partial charge >= 0.3 is 0 Å². The van der Waals surface area contributed by atoms with Gasteiger partial charge in [0.2, 0.25) is 0 Å². The molecule has 0 saturated heterocycles. The van der Waals surface area contributed by atoms with E-state index < -0.39 is 0 Å². The third-order valence-corrected chi connectivity index (χ3v) is 4.57. The third-order valence-electron chi connectivity index (χ3n) is 4.57. The summed E-state index contributed by atoms with van der Waals surface area (Å²) in [6, 6.07) is 0. The lowest BCUT2D eigenvalue weighted by molar-refractivity contribution is 0.00384. The van der Waals surface area contributed by atoms with E-state index in [1.165, 1.54) is 37.7 Å². The van der Waals surface area contributed by atoms with Gasteiger partial charge in [0.1, 0.15) is 0 Å². The molecular weight excluding hydrogens is 180 g/mol. The topological polar surface area (TPSA) is 0 Å². The fourth-order valence-corrected chi connectivity index (χ4v) is 3.44. The summed E-state index contributed by atoms with van der Waals surface area (Å²) < 4.78 is 0. The summed E-state index contributed by atoms with van der Waals surface area (Å²) in [4.78, 5) is 0. The summed E-state index contributed by atoms with van der Waals surface area (Å²) in [6.45, 7) is 11.4. The normalized spacial score (nSPS) is 35.4. The van der Waals surface area contributed by atoms with Crippen LogP contribution in [0.5, 0.6) is 0 Å². The zero-order valence-corrected chi connectivity index (χ0v) is 10.5. The van der Waals surface area contributed by atoms with Gasteiger partial charge in [0.05, 0.1) is 0 Å². The van der Waals surface area contributed by atoms with Crippen molar-refractivity contribution in [2.24, 2.45) is 17.3 Å². The minimum absolute atomic E-state index is 0.568. The van der Waals surface area contributed by atoms with Crippen molar-refractivity contribution in [2.75, 3.05) is 0 Å². The Bertz CT molecular complexity index is 293. The predicted octanol–water partition coefficient (Wildman–Crippen LogP) is 4.73. The molecule has 0 N–H and O–H groups in total. The molecule has 0 heteroatoms. The van der Waals surface area contributed by atoms with Gasteiger partial charge in [-0.1, -0.05) is 37.6 Å². The SMILES string of the molecule is C=C1CCC=C(C)CC[C@@H]2[C@@H]1CC2(C)C. The minimum Gasteiger partial charge on any atom is -0.0996 e. The molecule has 1 saturated carbocycles. The maximum atomic E-state index is 4.30. The van der Waals surface area contributed by atoms with E-state index in [0.717, 1.165) is 11.8 Å². The van der Waals surface area contributed by atoms with E-state index in [9.17, 15) is 0 Å². The Kier molecular flexibility index (Phi) is 2.79. The molecular formula is C15H24. The highest BCUT2D eigenvalue weighted by atomic mass is 14.5. The molecule has 2 rings (SSSR count). The van der Waals surface area contributed by atoms with Crippen LogP contribution in [0.2, 0.25) is 0 Å².